The summed E-state index contributed by atoms with van der Waals surface area (Å²) in [5.74, 6) is 0. The van der Waals surface area contributed by atoms with Crippen LogP contribution in [0.4, 0.5) is 0 Å². The second-order valence-corrected chi connectivity index (χ2v) is 3.75. The van der Waals surface area contributed by atoms with Gasteiger partial charge in [0.05, 0.1) is 6.42 Å². The summed E-state index contributed by atoms with van der Waals surface area (Å²) in [6, 6.07) is 3.13. The van der Waals surface area contributed by atoms with E-state index in [2.05, 4.69) is 16.2 Å². The van der Waals surface area contributed by atoms with Gasteiger partial charge in [-0.05, 0) is 19.4 Å². The van der Waals surface area contributed by atoms with Crippen molar-refractivity contribution >= 4 is 0 Å². The fourth-order valence-corrected chi connectivity index (χ4v) is 2.08. The van der Waals surface area contributed by atoms with Crippen LogP contribution in [-0.4, -0.2) is 19.6 Å². The average Bonchev–Trinajstić information content (AvgIpc) is 2.07. The van der Waals surface area contributed by atoms with Crippen molar-refractivity contribution in [3.63, 3.8) is 0 Å². The zero-order valence-corrected chi connectivity index (χ0v) is 6.90. The normalized spacial score (nSPS) is 36.4. The lowest BCUT2D eigenvalue weighted by Crippen LogP contribution is -2.40. The van der Waals surface area contributed by atoms with Crippen LogP contribution < -0.4 is 5.32 Å². The van der Waals surface area contributed by atoms with Crippen LogP contribution in [0.2, 0.25) is 0 Å². The lowest BCUT2D eigenvalue weighted by atomic mass is 9.75. The molecule has 2 heteroatoms. The van der Waals surface area contributed by atoms with E-state index in [1.807, 2.05) is 0 Å². The lowest BCUT2D eigenvalue weighted by molar-refractivity contribution is 0.200. The minimum absolute atomic E-state index is 0.542. The van der Waals surface area contributed by atoms with E-state index < -0.39 is 0 Å². The van der Waals surface area contributed by atoms with E-state index in [1.54, 1.807) is 0 Å². The molecule has 1 unspecified atom stereocenters. The minimum atomic E-state index is 0.542. The summed E-state index contributed by atoms with van der Waals surface area (Å²) < 4.78 is 0. The molecule has 0 aromatic heterocycles. The van der Waals surface area contributed by atoms with Gasteiger partial charge in [0.2, 0.25) is 0 Å². The molecule has 2 nitrogen and oxygen atoms in total. The van der Waals surface area contributed by atoms with Crippen molar-refractivity contribution in [3.8, 4) is 6.07 Å². The highest BCUT2D eigenvalue weighted by Crippen LogP contribution is 2.35. The highest BCUT2D eigenvalue weighted by Gasteiger charge is 2.36. The number of nitrogens with zero attached hydrogens (tertiary/aromatic N) is 1. The van der Waals surface area contributed by atoms with E-state index in [4.69, 9.17) is 0 Å². The number of piperidine rings is 1. The van der Waals surface area contributed by atoms with Crippen LogP contribution in [0.25, 0.3) is 4.85 Å². The maximum Gasteiger partial charge on any atom is 0.273 e. The first-order valence-corrected chi connectivity index (χ1v) is 4.51. The quantitative estimate of drug-likeness (QED) is 0.554. The van der Waals surface area contributed by atoms with Crippen molar-refractivity contribution in [1.82, 2.24) is 5.32 Å². The van der Waals surface area contributed by atoms with Crippen LogP contribution in [0.1, 0.15) is 25.7 Å². The third kappa shape index (κ3) is 1.39. The second-order valence-electron chi connectivity index (χ2n) is 3.75. The first kappa shape index (κ1) is 7.12. The summed E-state index contributed by atoms with van der Waals surface area (Å²) in [5, 5.41) is 3.46. The first-order chi connectivity index (χ1) is 5.41. The van der Waals surface area contributed by atoms with Crippen molar-refractivity contribution in [3.05, 3.63) is 4.85 Å². The Morgan fingerprint density at radius 1 is 1.36 bits per heavy atom. The van der Waals surface area contributed by atoms with Crippen LogP contribution in [0, 0.1) is 11.5 Å². The monoisotopic (exact) mass is 151 g/mol. The van der Waals surface area contributed by atoms with Crippen LogP contribution in [0.3, 0.4) is 0 Å². The molecule has 2 heterocycles. The van der Waals surface area contributed by atoms with Crippen LogP contribution in [0.5, 0.6) is 0 Å². The third-order valence-corrected chi connectivity index (χ3v) is 2.88. The van der Waals surface area contributed by atoms with E-state index in [9.17, 15) is 0 Å². The van der Waals surface area contributed by atoms with Gasteiger partial charge in [0.1, 0.15) is 0 Å². The van der Waals surface area contributed by atoms with Crippen LogP contribution in [0.15, 0.2) is 0 Å². The number of rotatable bonds is 0. The number of hydrogen-bond donors (Lipinski definition) is 1. The summed E-state index contributed by atoms with van der Waals surface area (Å²) in [6.07, 6.45) is 5.07. The molecule has 1 saturated heterocycles. The standard InChI is InChI=1S/C9H15N2/c1-2-9(8-11-5-1)3-6-10-7-4-9/h11H,1-6,8H2/q+1. The predicted molar refractivity (Wildman–Crippen MR) is 45.9 cm³/mol. The molecule has 0 bridgehead atoms. The van der Waals surface area contributed by atoms with Gasteiger partial charge in [0.15, 0.2) is 0 Å². The molecule has 1 N–H and O–H groups in total. The maximum atomic E-state index is 4.15. The SMILES string of the molecule is C1#[N+]CCC2(C1)CCCNC2. The molecule has 0 radical (unpaired) electrons. The number of nitrogens with one attached hydrogen (secondary N) is 1. The van der Waals surface area contributed by atoms with E-state index >= 15 is 0 Å². The summed E-state index contributed by atoms with van der Waals surface area (Å²) in [4.78, 5) is 4.15. The van der Waals surface area contributed by atoms with Crippen molar-refractivity contribution < 1.29 is 0 Å². The zero-order chi connectivity index (χ0) is 7.57. The van der Waals surface area contributed by atoms with Crippen LogP contribution in [-0.2, 0) is 0 Å². The zero-order valence-electron chi connectivity index (χ0n) is 6.90. The highest BCUT2D eigenvalue weighted by atomic mass is 14.9. The topological polar surface area (TPSA) is 16.4 Å². The Kier molecular flexibility index (Phi) is 1.83. The van der Waals surface area contributed by atoms with E-state index in [1.165, 1.54) is 32.4 Å². The van der Waals surface area contributed by atoms with Crippen molar-refractivity contribution in [2.24, 2.45) is 5.41 Å². The molecule has 0 aliphatic carbocycles. The van der Waals surface area contributed by atoms with Gasteiger partial charge in [-0.15, -0.1) is 0 Å². The Morgan fingerprint density at radius 2 is 2.36 bits per heavy atom. The van der Waals surface area contributed by atoms with Crippen molar-refractivity contribution in [2.75, 3.05) is 19.6 Å². The average molecular weight is 151 g/mol. The molecule has 60 valence electrons. The van der Waals surface area contributed by atoms with E-state index in [-0.39, 0.29) is 0 Å². The van der Waals surface area contributed by atoms with Crippen molar-refractivity contribution in [1.29, 1.82) is 0 Å². The van der Waals surface area contributed by atoms with E-state index in [0.29, 0.717) is 5.41 Å². The molecule has 0 saturated carbocycles. The van der Waals surface area contributed by atoms with Crippen molar-refractivity contribution in [2.45, 2.75) is 25.7 Å². The van der Waals surface area contributed by atoms with E-state index in [0.717, 1.165) is 13.0 Å². The predicted octanol–water partition coefficient (Wildman–Crippen LogP) is 1.48. The highest BCUT2D eigenvalue weighted by molar-refractivity contribution is 5.03. The molecule has 1 spiro atoms. The minimum Gasteiger partial charge on any atom is -0.316 e. The summed E-state index contributed by atoms with van der Waals surface area (Å²) in [7, 11) is 0. The molecule has 0 aromatic rings. The molecule has 2 aliphatic rings. The molecule has 0 aromatic carbocycles. The maximum absolute atomic E-state index is 4.15. The molecular formula is C9H15N2+. The largest absolute Gasteiger partial charge is 0.316 e. The van der Waals surface area contributed by atoms with Gasteiger partial charge in [-0.3, -0.25) is 0 Å². The fraction of sp³-hybridized carbons (Fsp3) is 0.889. The first-order valence-electron chi connectivity index (χ1n) is 4.51. The summed E-state index contributed by atoms with van der Waals surface area (Å²) in [6.45, 7) is 3.40. The van der Waals surface area contributed by atoms with Crippen LogP contribution >= 0.6 is 0 Å². The Morgan fingerprint density at radius 3 is 3.00 bits per heavy atom. The Hall–Kier alpha value is -0.550. The van der Waals surface area contributed by atoms with Gasteiger partial charge in [0.25, 0.3) is 12.6 Å². The van der Waals surface area contributed by atoms with Gasteiger partial charge >= 0.3 is 0 Å². The Labute approximate surface area is 67.8 Å². The summed E-state index contributed by atoms with van der Waals surface area (Å²) in [5.41, 5.74) is 0.542. The second kappa shape index (κ2) is 2.83. The summed E-state index contributed by atoms with van der Waals surface area (Å²) >= 11 is 0. The Balaban J connectivity index is 2.04. The molecule has 1 atom stereocenters. The van der Waals surface area contributed by atoms with Gasteiger partial charge in [-0.2, -0.15) is 0 Å². The molecule has 1 fully saturated rings. The molecule has 0 amide bonds. The smallest absolute Gasteiger partial charge is 0.273 e. The molecule has 2 rings (SSSR count). The van der Waals surface area contributed by atoms with Gasteiger partial charge in [-0.25, -0.2) is 0 Å². The fourth-order valence-electron chi connectivity index (χ4n) is 2.08. The third-order valence-electron chi connectivity index (χ3n) is 2.88. The molecule has 11 heavy (non-hydrogen) atoms. The molecule has 2 aliphatic heterocycles. The molecular weight excluding hydrogens is 136 g/mol. The number of hydrogen-bond acceptors (Lipinski definition) is 1. The Bertz CT molecular complexity index is 193. The lowest BCUT2D eigenvalue weighted by Gasteiger charge is -2.34. The van der Waals surface area contributed by atoms with Gasteiger partial charge in [-0.1, -0.05) is 4.85 Å². The van der Waals surface area contributed by atoms with Gasteiger partial charge < -0.3 is 5.32 Å². The van der Waals surface area contributed by atoms with Gasteiger partial charge in [0, 0.05) is 18.4 Å².